The Morgan fingerprint density at radius 1 is 1.50 bits per heavy atom. The molecule has 0 radical (unpaired) electrons. The maximum Gasteiger partial charge on any atom is 0.326 e. The van der Waals surface area contributed by atoms with Gasteiger partial charge in [-0.2, -0.15) is 0 Å². The molecule has 0 fully saturated rings. The first kappa shape index (κ1) is 12.8. The molecule has 0 aliphatic carbocycles. The molecule has 0 bridgehead atoms. The standard InChI is InChI=1S/C11H14ClNO3/c1-4-16-10(14)6-13-7(2)5-9(12)8(3)11(13)15/h5H,4,6H2,1-3H3. The van der Waals surface area contributed by atoms with Crippen LogP contribution in [0.5, 0.6) is 0 Å². The molecule has 0 spiro atoms. The second-order valence-electron chi connectivity index (χ2n) is 3.45. The number of pyridine rings is 1. The summed E-state index contributed by atoms with van der Waals surface area (Å²) in [6.45, 7) is 5.31. The number of hydrogen-bond acceptors (Lipinski definition) is 3. The molecule has 4 nitrogen and oxygen atoms in total. The first-order valence-electron chi connectivity index (χ1n) is 4.99. The van der Waals surface area contributed by atoms with Gasteiger partial charge < -0.3 is 9.30 Å². The van der Waals surface area contributed by atoms with E-state index in [-0.39, 0.29) is 12.1 Å². The Labute approximate surface area is 98.8 Å². The van der Waals surface area contributed by atoms with E-state index in [0.717, 1.165) is 0 Å². The molecule has 0 aliphatic heterocycles. The van der Waals surface area contributed by atoms with E-state index < -0.39 is 5.97 Å². The van der Waals surface area contributed by atoms with Gasteiger partial charge in [0.2, 0.25) is 0 Å². The van der Waals surface area contributed by atoms with Crippen molar-refractivity contribution < 1.29 is 9.53 Å². The maximum atomic E-state index is 11.8. The van der Waals surface area contributed by atoms with E-state index in [1.165, 1.54) is 4.57 Å². The van der Waals surface area contributed by atoms with Crippen LogP contribution in [0.3, 0.4) is 0 Å². The summed E-state index contributed by atoms with van der Waals surface area (Å²) in [5.41, 5.74) is 0.836. The number of aryl methyl sites for hydroxylation is 1. The third kappa shape index (κ3) is 2.64. The van der Waals surface area contributed by atoms with Crippen molar-refractivity contribution in [3.8, 4) is 0 Å². The quantitative estimate of drug-likeness (QED) is 0.759. The monoisotopic (exact) mass is 243 g/mol. The normalized spacial score (nSPS) is 10.2. The van der Waals surface area contributed by atoms with Crippen LogP contribution in [-0.2, 0) is 16.1 Å². The minimum Gasteiger partial charge on any atom is -0.465 e. The maximum absolute atomic E-state index is 11.8. The first-order valence-corrected chi connectivity index (χ1v) is 5.37. The highest BCUT2D eigenvalue weighted by Crippen LogP contribution is 2.12. The average Bonchev–Trinajstić information content (AvgIpc) is 2.22. The second-order valence-corrected chi connectivity index (χ2v) is 3.86. The topological polar surface area (TPSA) is 48.3 Å². The molecule has 1 aromatic rings. The van der Waals surface area contributed by atoms with E-state index in [1.54, 1.807) is 26.8 Å². The van der Waals surface area contributed by atoms with Crippen LogP contribution in [0.2, 0.25) is 5.02 Å². The number of carbonyl (C=O) groups is 1. The number of hydrogen-bond donors (Lipinski definition) is 0. The number of aromatic nitrogens is 1. The summed E-state index contributed by atoms with van der Waals surface area (Å²) >= 11 is 5.86. The van der Waals surface area contributed by atoms with Crippen molar-refractivity contribution in [3.05, 3.63) is 32.7 Å². The highest BCUT2D eigenvalue weighted by Gasteiger charge is 2.11. The minimum atomic E-state index is -0.422. The van der Waals surface area contributed by atoms with Crippen LogP contribution >= 0.6 is 11.6 Å². The number of rotatable bonds is 3. The number of halogens is 1. The zero-order valence-corrected chi connectivity index (χ0v) is 10.3. The molecular weight excluding hydrogens is 230 g/mol. The smallest absolute Gasteiger partial charge is 0.326 e. The van der Waals surface area contributed by atoms with Gasteiger partial charge in [-0.1, -0.05) is 11.6 Å². The average molecular weight is 244 g/mol. The molecule has 0 unspecified atom stereocenters. The van der Waals surface area contributed by atoms with Gasteiger partial charge in [-0.15, -0.1) is 0 Å². The van der Waals surface area contributed by atoms with Crippen molar-refractivity contribution in [2.75, 3.05) is 6.61 Å². The Balaban J connectivity index is 3.10. The van der Waals surface area contributed by atoms with E-state index in [4.69, 9.17) is 16.3 Å². The zero-order chi connectivity index (χ0) is 12.3. The van der Waals surface area contributed by atoms with Gasteiger partial charge in [-0.3, -0.25) is 9.59 Å². The number of carbonyl (C=O) groups excluding carboxylic acids is 1. The molecule has 0 aliphatic rings. The Hall–Kier alpha value is -1.29. The van der Waals surface area contributed by atoms with Crippen molar-refractivity contribution in [3.63, 3.8) is 0 Å². The molecule has 0 saturated heterocycles. The van der Waals surface area contributed by atoms with E-state index in [2.05, 4.69) is 0 Å². The summed E-state index contributed by atoms with van der Waals surface area (Å²) in [4.78, 5) is 23.1. The molecule has 5 heteroatoms. The highest BCUT2D eigenvalue weighted by atomic mass is 35.5. The third-order valence-corrected chi connectivity index (χ3v) is 2.67. The molecule has 1 aromatic heterocycles. The fourth-order valence-corrected chi connectivity index (χ4v) is 1.61. The lowest BCUT2D eigenvalue weighted by Crippen LogP contribution is -2.28. The lowest BCUT2D eigenvalue weighted by Gasteiger charge is -2.11. The molecule has 0 N–H and O–H groups in total. The SMILES string of the molecule is CCOC(=O)Cn1c(C)cc(Cl)c(C)c1=O. The first-order chi connectivity index (χ1) is 7.47. The fraction of sp³-hybridized carbons (Fsp3) is 0.455. The molecular formula is C11H14ClNO3. The molecule has 0 amide bonds. The van der Waals surface area contributed by atoms with Gasteiger partial charge in [0.25, 0.3) is 5.56 Å². The van der Waals surface area contributed by atoms with Crippen molar-refractivity contribution in [1.82, 2.24) is 4.57 Å². The predicted molar refractivity (Wildman–Crippen MR) is 61.8 cm³/mol. The lowest BCUT2D eigenvalue weighted by molar-refractivity contribution is -0.143. The van der Waals surface area contributed by atoms with E-state index >= 15 is 0 Å². The largest absolute Gasteiger partial charge is 0.465 e. The number of ether oxygens (including phenoxy) is 1. The van der Waals surface area contributed by atoms with E-state index in [0.29, 0.717) is 22.9 Å². The summed E-state index contributed by atoms with van der Waals surface area (Å²) in [7, 11) is 0. The third-order valence-electron chi connectivity index (χ3n) is 2.28. The summed E-state index contributed by atoms with van der Waals surface area (Å²) in [6, 6.07) is 1.66. The Bertz CT molecular complexity index is 465. The van der Waals surface area contributed by atoms with Gasteiger partial charge >= 0.3 is 5.97 Å². The molecule has 1 heterocycles. The Kier molecular flexibility index (Phi) is 4.12. The van der Waals surface area contributed by atoms with Gasteiger partial charge in [-0.25, -0.2) is 0 Å². The van der Waals surface area contributed by atoms with Gasteiger partial charge in [-0.05, 0) is 26.8 Å². The Morgan fingerprint density at radius 3 is 2.69 bits per heavy atom. The van der Waals surface area contributed by atoms with Crippen LogP contribution in [0.15, 0.2) is 10.9 Å². The Morgan fingerprint density at radius 2 is 2.12 bits per heavy atom. The second kappa shape index (κ2) is 5.16. The lowest BCUT2D eigenvalue weighted by atomic mass is 10.2. The van der Waals surface area contributed by atoms with Crippen molar-refractivity contribution in [2.45, 2.75) is 27.3 Å². The van der Waals surface area contributed by atoms with Crippen molar-refractivity contribution in [2.24, 2.45) is 0 Å². The van der Waals surface area contributed by atoms with Crippen molar-refractivity contribution in [1.29, 1.82) is 0 Å². The summed E-state index contributed by atoms with van der Waals surface area (Å²) in [5, 5.41) is 0.419. The fourth-order valence-electron chi connectivity index (χ4n) is 1.37. The van der Waals surface area contributed by atoms with Crippen LogP contribution < -0.4 is 5.56 Å². The summed E-state index contributed by atoms with van der Waals surface area (Å²) in [5.74, 6) is -0.422. The number of nitrogens with zero attached hydrogens (tertiary/aromatic N) is 1. The minimum absolute atomic E-state index is 0.0729. The van der Waals surface area contributed by atoms with Gasteiger partial charge in [0, 0.05) is 11.3 Å². The summed E-state index contributed by atoms with van der Waals surface area (Å²) in [6.07, 6.45) is 0. The highest BCUT2D eigenvalue weighted by molar-refractivity contribution is 6.31. The number of esters is 1. The molecule has 0 atom stereocenters. The molecule has 16 heavy (non-hydrogen) atoms. The molecule has 1 rings (SSSR count). The predicted octanol–water partition coefficient (Wildman–Crippen LogP) is 1.68. The van der Waals surface area contributed by atoms with Crippen LogP contribution in [0.4, 0.5) is 0 Å². The van der Waals surface area contributed by atoms with Crippen LogP contribution in [0.25, 0.3) is 0 Å². The molecule has 88 valence electrons. The van der Waals surface area contributed by atoms with Gasteiger partial charge in [0.1, 0.15) is 6.54 Å². The summed E-state index contributed by atoms with van der Waals surface area (Å²) < 4.78 is 6.15. The molecule has 0 saturated carbocycles. The van der Waals surface area contributed by atoms with Crippen LogP contribution in [0, 0.1) is 13.8 Å². The van der Waals surface area contributed by atoms with E-state index in [1.807, 2.05) is 0 Å². The van der Waals surface area contributed by atoms with Gasteiger partial charge in [0.05, 0.1) is 11.6 Å². The van der Waals surface area contributed by atoms with E-state index in [9.17, 15) is 9.59 Å². The van der Waals surface area contributed by atoms with Crippen LogP contribution in [-0.4, -0.2) is 17.1 Å². The molecule has 0 aromatic carbocycles. The van der Waals surface area contributed by atoms with Crippen LogP contribution in [0.1, 0.15) is 18.2 Å². The zero-order valence-electron chi connectivity index (χ0n) is 9.54. The van der Waals surface area contributed by atoms with Crippen molar-refractivity contribution >= 4 is 17.6 Å². The van der Waals surface area contributed by atoms with Gasteiger partial charge in [0.15, 0.2) is 0 Å².